The van der Waals surface area contributed by atoms with Crippen molar-refractivity contribution in [2.45, 2.75) is 32.6 Å². The Labute approximate surface area is 233 Å². The summed E-state index contributed by atoms with van der Waals surface area (Å²) >= 11 is 0. The van der Waals surface area contributed by atoms with E-state index < -0.39 is 0 Å². The van der Waals surface area contributed by atoms with Crippen LogP contribution in [0.3, 0.4) is 0 Å². The molecule has 0 saturated carbocycles. The molecule has 4 aromatic rings. The minimum Gasteiger partial charge on any atom is -0.457 e. The summed E-state index contributed by atoms with van der Waals surface area (Å²) in [5.74, 6) is 1.95. The predicted molar refractivity (Wildman–Crippen MR) is 154 cm³/mol. The molecule has 2 aromatic heterocycles. The van der Waals surface area contributed by atoms with Gasteiger partial charge in [-0.05, 0) is 54.8 Å². The summed E-state index contributed by atoms with van der Waals surface area (Å²) < 4.78 is 27.8. The third-order valence-corrected chi connectivity index (χ3v) is 6.97. The molecule has 1 aliphatic rings. The van der Waals surface area contributed by atoms with Crippen LogP contribution in [0, 0.1) is 5.82 Å². The van der Waals surface area contributed by atoms with Crippen LogP contribution < -0.4 is 15.4 Å². The summed E-state index contributed by atoms with van der Waals surface area (Å²) in [6.07, 6.45) is 2.79. The molecular formula is C30H35FN6O3. The van der Waals surface area contributed by atoms with Crippen molar-refractivity contribution >= 4 is 34.4 Å². The van der Waals surface area contributed by atoms with Gasteiger partial charge in [0.25, 0.3) is 0 Å². The zero-order valence-electron chi connectivity index (χ0n) is 23.1. The molecule has 10 heteroatoms. The van der Waals surface area contributed by atoms with Gasteiger partial charge >= 0.3 is 0 Å². The van der Waals surface area contributed by atoms with E-state index in [2.05, 4.69) is 39.3 Å². The van der Waals surface area contributed by atoms with Gasteiger partial charge in [-0.25, -0.2) is 14.4 Å². The zero-order valence-corrected chi connectivity index (χ0v) is 23.1. The van der Waals surface area contributed by atoms with E-state index in [0.717, 1.165) is 50.3 Å². The molecule has 0 spiro atoms. The number of fused-ring (bicyclic) bond motifs is 1. The fourth-order valence-corrected chi connectivity index (χ4v) is 4.65. The number of hydrogen-bond donors (Lipinski definition) is 2. The normalized spacial score (nSPS) is 14.0. The number of nitrogens with one attached hydrogen (secondary N) is 2. The number of rotatable bonds is 10. The molecule has 2 N–H and O–H groups in total. The van der Waals surface area contributed by atoms with Crippen molar-refractivity contribution in [2.75, 3.05) is 43.5 Å². The molecular weight excluding hydrogens is 511 g/mol. The van der Waals surface area contributed by atoms with Gasteiger partial charge in [0, 0.05) is 44.9 Å². The second-order valence-electron chi connectivity index (χ2n) is 10.2. The number of morpholine rings is 1. The highest BCUT2D eigenvalue weighted by Gasteiger charge is 2.14. The number of amides is 1. The van der Waals surface area contributed by atoms with Crippen LogP contribution in [0.1, 0.15) is 38.2 Å². The van der Waals surface area contributed by atoms with Crippen LogP contribution in [-0.2, 0) is 16.6 Å². The number of anilines is 3. The van der Waals surface area contributed by atoms with Gasteiger partial charge in [0.15, 0.2) is 0 Å². The number of ether oxygens (including phenoxy) is 2. The lowest BCUT2D eigenvalue weighted by atomic mass is 10.0. The van der Waals surface area contributed by atoms with Crippen molar-refractivity contribution in [3.05, 3.63) is 66.1 Å². The molecule has 3 heterocycles. The molecule has 1 amide bonds. The van der Waals surface area contributed by atoms with Gasteiger partial charge in [-0.3, -0.25) is 9.69 Å². The van der Waals surface area contributed by atoms with Crippen molar-refractivity contribution in [1.29, 1.82) is 0 Å². The standard InChI is InChI=1S/C30H35FN6O3/c1-20(2)21-6-8-24(31)25(17-21)33-30-34-26-18-22(7-9-27(26)36(30)3)40-23-10-11-32-28(19-23)35-29(38)5-4-12-37-13-15-39-16-14-37/h6-11,17-20H,4-5,12-16H2,1-3H3,(H,33,34)(H,32,35,38). The number of aromatic nitrogens is 3. The summed E-state index contributed by atoms with van der Waals surface area (Å²) in [6, 6.07) is 14.1. The number of benzene rings is 2. The quantitative estimate of drug-likeness (QED) is 0.259. The fraction of sp³-hybridized carbons (Fsp3) is 0.367. The van der Waals surface area contributed by atoms with E-state index >= 15 is 0 Å². The molecule has 9 nitrogen and oxygen atoms in total. The monoisotopic (exact) mass is 546 g/mol. The highest BCUT2D eigenvalue weighted by molar-refractivity contribution is 5.89. The number of aryl methyl sites for hydroxylation is 1. The van der Waals surface area contributed by atoms with E-state index in [1.165, 1.54) is 6.07 Å². The predicted octanol–water partition coefficient (Wildman–Crippen LogP) is 5.82. The first-order valence-electron chi connectivity index (χ1n) is 13.6. The van der Waals surface area contributed by atoms with Crippen molar-refractivity contribution in [1.82, 2.24) is 19.4 Å². The van der Waals surface area contributed by atoms with Crippen molar-refractivity contribution in [3.8, 4) is 11.5 Å². The first-order chi connectivity index (χ1) is 19.4. The van der Waals surface area contributed by atoms with Crippen molar-refractivity contribution in [2.24, 2.45) is 7.05 Å². The molecule has 0 unspecified atom stereocenters. The molecule has 5 rings (SSSR count). The molecule has 0 aliphatic carbocycles. The van der Waals surface area contributed by atoms with Gasteiger partial charge in [-0.1, -0.05) is 19.9 Å². The largest absolute Gasteiger partial charge is 0.457 e. The first-order valence-corrected chi connectivity index (χ1v) is 13.6. The maximum absolute atomic E-state index is 14.5. The fourth-order valence-electron chi connectivity index (χ4n) is 4.65. The molecule has 1 fully saturated rings. The van der Waals surface area contributed by atoms with E-state index in [1.807, 2.05) is 35.9 Å². The summed E-state index contributed by atoms with van der Waals surface area (Å²) in [7, 11) is 1.88. The smallest absolute Gasteiger partial charge is 0.225 e. The Morgan fingerprint density at radius 2 is 1.90 bits per heavy atom. The average molecular weight is 547 g/mol. The van der Waals surface area contributed by atoms with Gasteiger partial charge in [0.1, 0.15) is 23.1 Å². The molecule has 210 valence electrons. The number of pyridine rings is 1. The lowest BCUT2D eigenvalue weighted by Crippen LogP contribution is -2.37. The van der Waals surface area contributed by atoms with E-state index in [0.29, 0.717) is 40.9 Å². The highest BCUT2D eigenvalue weighted by Crippen LogP contribution is 2.30. The van der Waals surface area contributed by atoms with Crippen molar-refractivity contribution < 1.29 is 18.7 Å². The Kier molecular flexibility index (Phi) is 8.57. The van der Waals surface area contributed by atoms with Crippen molar-refractivity contribution in [3.63, 3.8) is 0 Å². The van der Waals surface area contributed by atoms with Crippen LogP contribution in [0.5, 0.6) is 11.5 Å². The lowest BCUT2D eigenvalue weighted by Gasteiger charge is -2.26. The maximum Gasteiger partial charge on any atom is 0.225 e. The van der Waals surface area contributed by atoms with E-state index in [4.69, 9.17) is 9.47 Å². The molecule has 1 aliphatic heterocycles. The van der Waals surface area contributed by atoms with Crippen LogP contribution in [0.4, 0.5) is 21.8 Å². The van der Waals surface area contributed by atoms with Gasteiger partial charge < -0.3 is 24.7 Å². The minimum atomic E-state index is -0.335. The zero-order chi connectivity index (χ0) is 28.1. The number of hydrogen-bond acceptors (Lipinski definition) is 7. The number of nitrogens with zero attached hydrogens (tertiary/aromatic N) is 4. The topological polar surface area (TPSA) is 93.5 Å². The molecule has 0 bridgehead atoms. The van der Waals surface area contributed by atoms with E-state index in [9.17, 15) is 9.18 Å². The average Bonchev–Trinajstić information content (AvgIpc) is 3.24. The lowest BCUT2D eigenvalue weighted by molar-refractivity contribution is -0.116. The Bertz CT molecular complexity index is 1480. The summed E-state index contributed by atoms with van der Waals surface area (Å²) in [6.45, 7) is 8.34. The maximum atomic E-state index is 14.5. The minimum absolute atomic E-state index is 0.0804. The van der Waals surface area contributed by atoms with Gasteiger partial charge in [0.2, 0.25) is 11.9 Å². The number of halogens is 1. The highest BCUT2D eigenvalue weighted by atomic mass is 19.1. The van der Waals surface area contributed by atoms with Crippen LogP contribution >= 0.6 is 0 Å². The van der Waals surface area contributed by atoms with Crippen LogP contribution in [0.25, 0.3) is 11.0 Å². The summed E-state index contributed by atoms with van der Waals surface area (Å²) in [5.41, 5.74) is 2.99. The Balaban J connectivity index is 1.22. The molecule has 1 saturated heterocycles. The molecule has 0 radical (unpaired) electrons. The Hall–Kier alpha value is -4.02. The number of carbonyl (C=O) groups excluding carboxylic acids is 1. The van der Waals surface area contributed by atoms with Crippen LogP contribution in [0.15, 0.2) is 54.7 Å². The summed E-state index contributed by atoms with van der Waals surface area (Å²) in [5, 5.41) is 5.99. The number of carbonyl (C=O) groups is 1. The molecule has 40 heavy (non-hydrogen) atoms. The van der Waals surface area contributed by atoms with Gasteiger partial charge in [0.05, 0.1) is 29.9 Å². The molecule has 2 aromatic carbocycles. The first kappa shape index (κ1) is 27.5. The van der Waals surface area contributed by atoms with Gasteiger partial charge in [-0.2, -0.15) is 0 Å². The SMILES string of the molecule is CC(C)c1ccc(F)c(Nc2nc3cc(Oc4ccnc(NC(=O)CCCN5CCOCC5)c4)ccc3n2C)c1. The van der Waals surface area contributed by atoms with Crippen LogP contribution in [0.2, 0.25) is 0 Å². The second-order valence-corrected chi connectivity index (χ2v) is 10.2. The van der Waals surface area contributed by atoms with Gasteiger partial charge in [-0.15, -0.1) is 0 Å². The molecule has 0 atom stereocenters. The van der Waals surface area contributed by atoms with E-state index in [1.54, 1.807) is 24.4 Å². The van der Waals surface area contributed by atoms with E-state index in [-0.39, 0.29) is 17.6 Å². The third-order valence-electron chi connectivity index (χ3n) is 6.97. The third kappa shape index (κ3) is 6.75. The Morgan fingerprint density at radius 1 is 1.10 bits per heavy atom. The second kappa shape index (κ2) is 12.4. The number of imidazole rings is 1. The summed E-state index contributed by atoms with van der Waals surface area (Å²) in [4.78, 5) is 23.7. The van der Waals surface area contributed by atoms with Crippen LogP contribution in [-0.4, -0.2) is 58.2 Å². The Morgan fingerprint density at radius 3 is 2.70 bits per heavy atom.